The van der Waals surface area contributed by atoms with Crippen molar-refractivity contribution in [2.24, 2.45) is 0 Å². The van der Waals surface area contributed by atoms with Gasteiger partial charge in [-0.05, 0) is 26.0 Å². The van der Waals surface area contributed by atoms with Crippen molar-refractivity contribution in [3.63, 3.8) is 0 Å². The molecular formula is C16H20N2O6. The van der Waals surface area contributed by atoms with E-state index in [2.05, 4.69) is 5.32 Å². The number of hydrogen-bond donors (Lipinski definition) is 1. The SMILES string of the molecule is COc1cc(C(=O)O[C@@H](C)C(=O)N2CCNC2=O)cc(OC)c1C. The largest absolute Gasteiger partial charge is 0.496 e. The summed E-state index contributed by atoms with van der Waals surface area (Å²) in [6.07, 6.45) is -1.08. The number of carbonyl (C=O) groups is 3. The number of benzene rings is 1. The first kappa shape index (κ1) is 17.6. The normalized spacial score (nSPS) is 14.8. The zero-order valence-corrected chi connectivity index (χ0v) is 14.0. The van der Waals surface area contributed by atoms with Crippen LogP contribution in [0.15, 0.2) is 12.1 Å². The number of nitrogens with zero attached hydrogens (tertiary/aromatic N) is 1. The van der Waals surface area contributed by atoms with E-state index >= 15 is 0 Å². The number of amides is 3. The number of nitrogens with one attached hydrogen (secondary N) is 1. The molecule has 0 unspecified atom stereocenters. The van der Waals surface area contributed by atoms with Crippen LogP contribution in [0.25, 0.3) is 0 Å². The predicted molar refractivity (Wildman–Crippen MR) is 84.3 cm³/mol. The van der Waals surface area contributed by atoms with Crippen LogP contribution in [0.4, 0.5) is 4.79 Å². The Hall–Kier alpha value is -2.77. The highest BCUT2D eigenvalue weighted by Gasteiger charge is 2.32. The van der Waals surface area contributed by atoms with Gasteiger partial charge >= 0.3 is 12.0 Å². The molecular weight excluding hydrogens is 316 g/mol. The number of imide groups is 1. The minimum atomic E-state index is -1.08. The third kappa shape index (κ3) is 3.42. The highest BCUT2D eigenvalue weighted by atomic mass is 16.5. The van der Waals surface area contributed by atoms with E-state index in [1.807, 2.05) is 0 Å². The number of esters is 1. The van der Waals surface area contributed by atoms with Gasteiger partial charge in [0.1, 0.15) is 11.5 Å². The molecule has 0 spiro atoms. The van der Waals surface area contributed by atoms with Gasteiger partial charge in [-0.1, -0.05) is 0 Å². The molecule has 0 bridgehead atoms. The van der Waals surface area contributed by atoms with Gasteiger partial charge in [-0.25, -0.2) is 9.59 Å². The Bertz CT molecular complexity index is 648. The van der Waals surface area contributed by atoms with Gasteiger partial charge < -0.3 is 19.5 Å². The van der Waals surface area contributed by atoms with Crippen LogP contribution in [0.1, 0.15) is 22.8 Å². The van der Waals surface area contributed by atoms with Gasteiger partial charge in [0.2, 0.25) is 0 Å². The average Bonchev–Trinajstić information content (AvgIpc) is 3.00. The highest BCUT2D eigenvalue weighted by Crippen LogP contribution is 2.29. The van der Waals surface area contributed by atoms with E-state index in [0.29, 0.717) is 18.0 Å². The lowest BCUT2D eigenvalue weighted by atomic mass is 10.1. The number of carbonyl (C=O) groups excluding carboxylic acids is 3. The Balaban J connectivity index is 2.14. The quantitative estimate of drug-likeness (QED) is 0.810. The van der Waals surface area contributed by atoms with Gasteiger partial charge in [0, 0.05) is 18.7 Å². The van der Waals surface area contributed by atoms with Crippen molar-refractivity contribution in [3.8, 4) is 11.5 Å². The van der Waals surface area contributed by atoms with Gasteiger partial charge in [-0.3, -0.25) is 9.69 Å². The molecule has 0 saturated carbocycles. The fourth-order valence-corrected chi connectivity index (χ4v) is 2.38. The number of ether oxygens (including phenoxy) is 3. The van der Waals surface area contributed by atoms with E-state index in [1.165, 1.54) is 33.3 Å². The maximum atomic E-state index is 12.3. The molecule has 24 heavy (non-hydrogen) atoms. The fraction of sp³-hybridized carbons (Fsp3) is 0.438. The molecule has 1 N–H and O–H groups in total. The monoisotopic (exact) mass is 336 g/mol. The van der Waals surface area contributed by atoms with Crippen molar-refractivity contribution in [2.45, 2.75) is 20.0 Å². The predicted octanol–water partition coefficient (Wildman–Crippen LogP) is 1.11. The molecule has 3 amide bonds. The van der Waals surface area contributed by atoms with Crippen LogP contribution >= 0.6 is 0 Å². The summed E-state index contributed by atoms with van der Waals surface area (Å²) in [7, 11) is 2.96. The van der Waals surface area contributed by atoms with Crippen LogP contribution in [-0.2, 0) is 9.53 Å². The van der Waals surface area contributed by atoms with Gasteiger partial charge in [0.25, 0.3) is 5.91 Å². The lowest BCUT2D eigenvalue weighted by molar-refractivity contribution is -0.136. The van der Waals surface area contributed by atoms with Crippen LogP contribution in [0.3, 0.4) is 0 Å². The van der Waals surface area contributed by atoms with E-state index in [4.69, 9.17) is 14.2 Å². The van der Waals surface area contributed by atoms with E-state index in [-0.39, 0.29) is 12.1 Å². The van der Waals surface area contributed by atoms with Gasteiger partial charge in [-0.15, -0.1) is 0 Å². The molecule has 130 valence electrons. The summed E-state index contributed by atoms with van der Waals surface area (Å²) in [6, 6.07) is 2.54. The molecule has 1 aliphatic rings. The van der Waals surface area contributed by atoms with Crippen LogP contribution in [-0.4, -0.2) is 56.2 Å². The number of rotatable bonds is 5. The molecule has 1 saturated heterocycles. The average molecular weight is 336 g/mol. The van der Waals surface area contributed by atoms with Gasteiger partial charge in [0.05, 0.1) is 19.8 Å². The van der Waals surface area contributed by atoms with Gasteiger partial charge in [-0.2, -0.15) is 0 Å². The fourth-order valence-electron chi connectivity index (χ4n) is 2.38. The first-order chi connectivity index (χ1) is 11.4. The summed E-state index contributed by atoms with van der Waals surface area (Å²) in [4.78, 5) is 37.0. The Kier molecular flexibility index (Phi) is 5.28. The smallest absolute Gasteiger partial charge is 0.339 e. The molecule has 2 rings (SSSR count). The molecule has 8 nitrogen and oxygen atoms in total. The zero-order chi connectivity index (χ0) is 17.9. The van der Waals surface area contributed by atoms with Crippen LogP contribution in [0.2, 0.25) is 0 Å². The Morgan fingerprint density at radius 1 is 1.21 bits per heavy atom. The Labute approximate surface area is 139 Å². The first-order valence-electron chi connectivity index (χ1n) is 7.41. The van der Waals surface area contributed by atoms with Crippen molar-refractivity contribution in [2.75, 3.05) is 27.3 Å². The summed E-state index contributed by atoms with van der Waals surface area (Å²) < 4.78 is 15.6. The zero-order valence-electron chi connectivity index (χ0n) is 14.0. The molecule has 1 aliphatic heterocycles. The standard InChI is InChI=1S/C16H20N2O6/c1-9-12(22-3)7-11(8-13(9)23-4)15(20)24-10(2)14(19)18-6-5-17-16(18)21/h7-8,10H,5-6H2,1-4H3,(H,17,21)/t10-/m0/s1. The number of methoxy groups -OCH3 is 2. The second-order valence-corrected chi connectivity index (χ2v) is 5.28. The maximum absolute atomic E-state index is 12.3. The van der Waals surface area contributed by atoms with Gasteiger partial charge in [0.15, 0.2) is 6.10 Å². The minimum Gasteiger partial charge on any atom is -0.496 e. The topological polar surface area (TPSA) is 94.2 Å². The number of urea groups is 1. The molecule has 0 aliphatic carbocycles. The van der Waals surface area contributed by atoms with E-state index in [9.17, 15) is 14.4 Å². The lowest BCUT2D eigenvalue weighted by Gasteiger charge is -2.18. The second-order valence-electron chi connectivity index (χ2n) is 5.28. The molecule has 0 aromatic heterocycles. The summed E-state index contributed by atoms with van der Waals surface area (Å²) in [5.74, 6) is -0.324. The minimum absolute atomic E-state index is 0.194. The summed E-state index contributed by atoms with van der Waals surface area (Å²) >= 11 is 0. The van der Waals surface area contributed by atoms with E-state index in [1.54, 1.807) is 6.92 Å². The van der Waals surface area contributed by atoms with E-state index in [0.717, 1.165) is 10.5 Å². The Morgan fingerprint density at radius 2 is 1.79 bits per heavy atom. The summed E-state index contributed by atoms with van der Waals surface area (Å²) in [5.41, 5.74) is 0.939. The van der Waals surface area contributed by atoms with Crippen LogP contribution < -0.4 is 14.8 Å². The first-order valence-corrected chi connectivity index (χ1v) is 7.41. The molecule has 0 radical (unpaired) electrons. The molecule has 1 aromatic rings. The van der Waals surface area contributed by atoms with Crippen molar-refractivity contribution in [1.82, 2.24) is 10.2 Å². The second kappa shape index (κ2) is 7.20. The van der Waals surface area contributed by atoms with Crippen LogP contribution in [0, 0.1) is 6.92 Å². The molecule has 1 atom stereocenters. The summed E-state index contributed by atoms with van der Waals surface area (Å²) in [6.45, 7) is 3.86. The molecule has 1 aromatic carbocycles. The van der Waals surface area contributed by atoms with Crippen LogP contribution in [0.5, 0.6) is 11.5 Å². The van der Waals surface area contributed by atoms with E-state index < -0.39 is 24.0 Å². The molecule has 1 fully saturated rings. The Morgan fingerprint density at radius 3 is 2.25 bits per heavy atom. The molecule has 1 heterocycles. The third-order valence-electron chi connectivity index (χ3n) is 3.74. The number of hydrogen-bond acceptors (Lipinski definition) is 6. The lowest BCUT2D eigenvalue weighted by Crippen LogP contribution is -2.41. The maximum Gasteiger partial charge on any atom is 0.339 e. The van der Waals surface area contributed by atoms with Crippen molar-refractivity contribution in [3.05, 3.63) is 23.3 Å². The molecule has 8 heteroatoms. The van der Waals surface area contributed by atoms with Crippen molar-refractivity contribution >= 4 is 17.9 Å². The summed E-state index contributed by atoms with van der Waals surface area (Å²) in [5, 5.41) is 2.52. The van der Waals surface area contributed by atoms with Crippen molar-refractivity contribution in [1.29, 1.82) is 0 Å². The third-order valence-corrected chi connectivity index (χ3v) is 3.74. The van der Waals surface area contributed by atoms with Crippen molar-refractivity contribution < 1.29 is 28.6 Å². The highest BCUT2D eigenvalue weighted by molar-refractivity contribution is 5.99.